The minimum Gasteiger partial charge on any atom is -0.480 e. The Labute approximate surface area is 115 Å². The lowest BCUT2D eigenvalue weighted by atomic mass is 10.1. The molecule has 1 rings (SSSR count). The number of hydrogen-bond acceptors (Lipinski definition) is 4. The van der Waals surface area contributed by atoms with Crippen molar-refractivity contribution in [3.63, 3.8) is 0 Å². The maximum Gasteiger partial charge on any atom is 0.326 e. The van der Waals surface area contributed by atoms with Crippen molar-refractivity contribution < 1.29 is 19.5 Å². The average molecular weight is 280 g/mol. The number of carbonyl (C=O) groups is 3. The summed E-state index contributed by atoms with van der Waals surface area (Å²) >= 11 is 0. The number of carbonyl (C=O) groups excluding carboxylic acids is 2. The molecule has 1 aromatic heterocycles. The number of nitrogens with two attached hydrogens (primary N) is 1. The summed E-state index contributed by atoms with van der Waals surface area (Å²) in [6.45, 7) is 0.247. The number of hydrogen-bond donors (Lipinski definition) is 4. The van der Waals surface area contributed by atoms with E-state index in [4.69, 9.17) is 10.8 Å². The van der Waals surface area contributed by atoms with Crippen molar-refractivity contribution >= 4 is 17.9 Å². The van der Waals surface area contributed by atoms with E-state index in [0.29, 0.717) is 0 Å². The van der Waals surface area contributed by atoms with E-state index in [1.165, 1.54) is 0 Å². The molecule has 0 fully saturated rings. The van der Waals surface area contributed by atoms with Crippen molar-refractivity contribution in [1.82, 2.24) is 15.6 Å². The number of rotatable bonds is 7. The number of nitrogens with one attached hydrogen (secondary N) is 2. The molecule has 0 aliphatic carbocycles. The summed E-state index contributed by atoms with van der Waals surface area (Å²) in [7, 11) is 0. The summed E-state index contributed by atoms with van der Waals surface area (Å²) in [6.07, 6.45) is 3.01. The van der Waals surface area contributed by atoms with E-state index in [1.807, 2.05) is 0 Å². The lowest BCUT2D eigenvalue weighted by Crippen LogP contribution is -2.46. The van der Waals surface area contributed by atoms with Gasteiger partial charge in [0.2, 0.25) is 5.91 Å². The number of primary amides is 1. The first-order valence-corrected chi connectivity index (χ1v) is 5.93. The summed E-state index contributed by atoms with van der Waals surface area (Å²) in [4.78, 5) is 36.9. The van der Waals surface area contributed by atoms with E-state index in [2.05, 4.69) is 15.6 Å². The van der Waals surface area contributed by atoms with E-state index in [1.54, 1.807) is 24.5 Å². The molecule has 0 bridgehead atoms. The van der Waals surface area contributed by atoms with Gasteiger partial charge in [-0.1, -0.05) is 0 Å². The molecule has 8 heteroatoms. The first-order chi connectivity index (χ1) is 9.49. The van der Waals surface area contributed by atoms with Gasteiger partial charge < -0.3 is 21.5 Å². The minimum absolute atomic E-state index is 0.0483. The molecule has 0 spiro atoms. The first kappa shape index (κ1) is 15.4. The molecule has 1 atom stereocenters. The fraction of sp³-hybridized carbons (Fsp3) is 0.333. The normalized spacial score (nSPS) is 11.4. The Kier molecular flexibility index (Phi) is 5.95. The van der Waals surface area contributed by atoms with Crippen LogP contribution in [0, 0.1) is 0 Å². The predicted octanol–water partition coefficient (Wildman–Crippen LogP) is -0.401. The summed E-state index contributed by atoms with van der Waals surface area (Å²) in [5.74, 6) is -1.83. The molecule has 8 nitrogen and oxygen atoms in total. The number of amides is 3. The lowest BCUT2D eigenvalue weighted by molar-refractivity contribution is -0.139. The van der Waals surface area contributed by atoms with Crippen LogP contribution in [0.15, 0.2) is 24.5 Å². The molecular formula is C12H16N4O4. The Hall–Kier alpha value is -2.64. The summed E-state index contributed by atoms with van der Waals surface area (Å²) in [6, 6.07) is 1.67. The highest BCUT2D eigenvalue weighted by Gasteiger charge is 2.20. The van der Waals surface area contributed by atoms with Crippen LogP contribution in [0.4, 0.5) is 4.79 Å². The third kappa shape index (κ3) is 5.80. The van der Waals surface area contributed by atoms with Gasteiger partial charge in [-0.05, 0) is 24.1 Å². The van der Waals surface area contributed by atoms with Crippen LogP contribution in [-0.4, -0.2) is 34.0 Å². The van der Waals surface area contributed by atoms with Gasteiger partial charge in [0.25, 0.3) is 0 Å². The van der Waals surface area contributed by atoms with Gasteiger partial charge in [-0.3, -0.25) is 9.78 Å². The van der Waals surface area contributed by atoms with Crippen molar-refractivity contribution in [1.29, 1.82) is 0 Å². The van der Waals surface area contributed by atoms with E-state index in [0.717, 1.165) is 5.56 Å². The van der Waals surface area contributed by atoms with E-state index < -0.39 is 23.9 Å². The van der Waals surface area contributed by atoms with Crippen molar-refractivity contribution in [3.8, 4) is 0 Å². The maximum absolute atomic E-state index is 11.6. The third-order valence-corrected chi connectivity index (χ3v) is 2.49. The molecule has 0 aliphatic rings. The number of pyridine rings is 1. The molecule has 0 aromatic carbocycles. The summed E-state index contributed by atoms with van der Waals surface area (Å²) in [5.41, 5.74) is 5.77. The van der Waals surface area contributed by atoms with Crippen LogP contribution in [-0.2, 0) is 16.1 Å². The fourth-order valence-corrected chi connectivity index (χ4v) is 1.44. The average Bonchev–Trinajstić information content (AvgIpc) is 2.41. The quantitative estimate of drug-likeness (QED) is 0.539. The number of carboxylic acid groups (broad SMARTS) is 1. The van der Waals surface area contributed by atoms with Crippen LogP contribution in [0.25, 0.3) is 0 Å². The SMILES string of the molecule is NC(=O)CC[C@H](NC(=O)NCc1ccncc1)C(=O)O. The molecule has 0 radical (unpaired) electrons. The summed E-state index contributed by atoms with van der Waals surface area (Å²) < 4.78 is 0. The molecule has 0 saturated carbocycles. The number of aliphatic carboxylic acids is 1. The Morgan fingerprint density at radius 1 is 1.30 bits per heavy atom. The molecule has 1 aromatic rings. The van der Waals surface area contributed by atoms with Crippen molar-refractivity contribution in [2.24, 2.45) is 5.73 Å². The Morgan fingerprint density at radius 3 is 2.50 bits per heavy atom. The second kappa shape index (κ2) is 7.72. The van der Waals surface area contributed by atoms with E-state index in [9.17, 15) is 14.4 Å². The fourth-order valence-electron chi connectivity index (χ4n) is 1.44. The van der Waals surface area contributed by atoms with Crippen molar-refractivity contribution in [2.75, 3.05) is 0 Å². The second-order valence-corrected chi connectivity index (χ2v) is 4.08. The molecule has 5 N–H and O–H groups in total. The van der Waals surface area contributed by atoms with Crippen LogP contribution in [0.5, 0.6) is 0 Å². The highest BCUT2D eigenvalue weighted by Crippen LogP contribution is 1.98. The van der Waals surface area contributed by atoms with Gasteiger partial charge in [0.15, 0.2) is 0 Å². The van der Waals surface area contributed by atoms with Gasteiger partial charge in [-0.2, -0.15) is 0 Å². The highest BCUT2D eigenvalue weighted by atomic mass is 16.4. The molecule has 20 heavy (non-hydrogen) atoms. The lowest BCUT2D eigenvalue weighted by Gasteiger charge is -2.14. The van der Waals surface area contributed by atoms with Gasteiger partial charge in [-0.25, -0.2) is 9.59 Å². The monoisotopic (exact) mass is 280 g/mol. The Bertz CT molecular complexity index is 478. The van der Waals surface area contributed by atoms with Crippen molar-refractivity contribution in [2.45, 2.75) is 25.4 Å². The summed E-state index contributed by atoms with van der Waals surface area (Å²) in [5, 5.41) is 13.7. The molecule has 0 aliphatic heterocycles. The number of urea groups is 1. The molecular weight excluding hydrogens is 264 g/mol. The Morgan fingerprint density at radius 2 is 1.95 bits per heavy atom. The van der Waals surface area contributed by atoms with Gasteiger partial charge in [0.05, 0.1) is 0 Å². The van der Waals surface area contributed by atoms with Crippen LogP contribution >= 0.6 is 0 Å². The van der Waals surface area contributed by atoms with Crippen LogP contribution in [0.2, 0.25) is 0 Å². The van der Waals surface area contributed by atoms with Gasteiger partial charge in [0.1, 0.15) is 6.04 Å². The van der Waals surface area contributed by atoms with Crippen LogP contribution in [0.3, 0.4) is 0 Å². The second-order valence-electron chi connectivity index (χ2n) is 4.08. The zero-order valence-electron chi connectivity index (χ0n) is 10.7. The molecule has 0 unspecified atom stereocenters. The topological polar surface area (TPSA) is 134 Å². The Balaban J connectivity index is 2.41. The van der Waals surface area contributed by atoms with Gasteiger partial charge >= 0.3 is 12.0 Å². The van der Waals surface area contributed by atoms with Gasteiger partial charge in [-0.15, -0.1) is 0 Å². The smallest absolute Gasteiger partial charge is 0.326 e. The number of nitrogens with zero attached hydrogens (tertiary/aromatic N) is 1. The van der Waals surface area contributed by atoms with Crippen LogP contribution in [0.1, 0.15) is 18.4 Å². The molecule has 0 saturated heterocycles. The maximum atomic E-state index is 11.6. The first-order valence-electron chi connectivity index (χ1n) is 5.93. The molecule has 3 amide bonds. The van der Waals surface area contributed by atoms with Crippen molar-refractivity contribution in [3.05, 3.63) is 30.1 Å². The highest BCUT2D eigenvalue weighted by molar-refractivity contribution is 5.83. The van der Waals surface area contributed by atoms with E-state index >= 15 is 0 Å². The van der Waals surface area contributed by atoms with Gasteiger partial charge in [0, 0.05) is 25.4 Å². The van der Waals surface area contributed by atoms with Crippen LogP contribution < -0.4 is 16.4 Å². The number of carboxylic acids is 1. The number of aromatic nitrogens is 1. The van der Waals surface area contributed by atoms with E-state index in [-0.39, 0.29) is 19.4 Å². The standard InChI is InChI=1S/C12H16N4O4/c13-10(17)2-1-9(11(18)19)16-12(20)15-7-8-3-5-14-6-4-8/h3-6,9H,1-2,7H2,(H2,13,17)(H,18,19)(H2,15,16,20)/t9-/m0/s1. The largest absolute Gasteiger partial charge is 0.480 e. The predicted molar refractivity (Wildman–Crippen MR) is 69.5 cm³/mol. The molecule has 108 valence electrons. The zero-order chi connectivity index (χ0) is 15.0. The minimum atomic E-state index is -1.22. The third-order valence-electron chi connectivity index (χ3n) is 2.49. The molecule has 1 heterocycles. The zero-order valence-corrected chi connectivity index (χ0v) is 10.7.